The molecule has 1 aromatic carbocycles. The van der Waals surface area contributed by atoms with E-state index >= 15 is 0 Å². The van der Waals surface area contributed by atoms with Crippen LogP contribution in [0.5, 0.6) is 5.75 Å². The summed E-state index contributed by atoms with van der Waals surface area (Å²) in [6.45, 7) is 0.872. The average molecular weight is 358 g/mol. The van der Waals surface area contributed by atoms with Crippen molar-refractivity contribution in [2.24, 2.45) is 0 Å². The molecule has 24 heavy (non-hydrogen) atoms. The summed E-state index contributed by atoms with van der Waals surface area (Å²) in [4.78, 5) is 13.5. The summed E-state index contributed by atoms with van der Waals surface area (Å²) in [6, 6.07) is 13.2. The molecule has 0 spiro atoms. The second-order valence-electron chi connectivity index (χ2n) is 5.07. The van der Waals surface area contributed by atoms with Gasteiger partial charge in [0.05, 0.1) is 11.4 Å². The van der Waals surface area contributed by atoms with Gasteiger partial charge in [0, 0.05) is 5.75 Å². The molecule has 0 bridgehead atoms. The first-order valence-electron chi connectivity index (χ1n) is 7.43. The Kier molecular flexibility index (Phi) is 4.22. The number of para-hydroxylation sites is 1. The molecule has 0 saturated heterocycles. The van der Waals surface area contributed by atoms with Crippen molar-refractivity contribution in [3.05, 3.63) is 58.5 Å². The molecule has 0 unspecified atom stereocenters. The number of thiophene rings is 1. The van der Waals surface area contributed by atoms with Crippen molar-refractivity contribution >= 4 is 29.0 Å². The van der Waals surface area contributed by atoms with Gasteiger partial charge in [-0.1, -0.05) is 36.0 Å². The van der Waals surface area contributed by atoms with Crippen LogP contribution >= 0.6 is 23.1 Å². The maximum atomic E-state index is 12.8. The van der Waals surface area contributed by atoms with Crippen molar-refractivity contribution in [2.75, 3.05) is 17.3 Å². The Bertz CT molecular complexity index is 833. The van der Waals surface area contributed by atoms with Crippen LogP contribution in [-0.4, -0.2) is 33.1 Å². The Hall–Kier alpha value is -2.32. The van der Waals surface area contributed by atoms with E-state index in [4.69, 9.17) is 4.74 Å². The quantitative estimate of drug-likeness (QED) is 0.718. The third kappa shape index (κ3) is 2.90. The molecule has 122 valence electrons. The lowest BCUT2D eigenvalue weighted by Gasteiger charge is -2.28. The first kappa shape index (κ1) is 15.2. The Morgan fingerprint density at radius 3 is 2.83 bits per heavy atom. The molecule has 8 heteroatoms. The van der Waals surface area contributed by atoms with Crippen molar-refractivity contribution in [3.8, 4) is 5.75 Å². The number of fused-ring (bicyclic) bond motifs is 1. The normalized spacial score (nSPS) is 13.6. The molecule has 0 saturated carbocycles. The topological polar surface area (TPSA) is 60.3 Å². The van der Waals surface area contributed by atoms with Crippen LogP contribution in [0.2, 0.25) is 0 Å². The zero-order valence-electron chi connectivity index (χ0n) is 12.7. The molecule has 0 aliphatic carbocycles. The minimum Gasteiger partial charge on any atom is -0.486 e. The molecule has 1 aliphatic heterocycles. The van der Waals surface area contributed by atoms with E-state index in [1.807, 2.05) is 47.8 Å². The number of ether oxygens (including phenoxy) is 1. The highest BCUT2D eigenvalue weighted by Crippen LogP contribution is 2.25. The highest BCUT2D eigenvalue weighted by atomic mass is 32.2. The molecule has 4 rings (SSSR count). The van der Waals surface area contributed by atoms with Gasteiger partial charge in [-0.2, -0.15) is 0 Å². The molecule has 3 aromatic rings. The fourth-order valence-corrected chi connectivity index (χ4v) is 3.96. The lowest BCUT2D eigenvalue weighted by Crippen LogP contribution is -2.45. The second kappa shape index (κ2) is 6.66. The number of rotatable bonds is 4. The SMILES string of the molecule is O=C(c1cccs1)N1CCSc2nnc(COc3ccccc3)n21. The highest BCUT2D eigenvalue weighted by molar-refractivity contribution is 7.99. The Balaban J connectivity index is 1.59. The number of aromatic nitrogens is 3. The van der Waals surface area contributed by atoms with Crippen molar-refractivity contribution in [1.82, 2.24) is 14.9 Å². The average Bonchev–Trinajstić information content (AvgIpc) is 3.30. The number of amides is 1. The fourth-order valence-electron chi connectivity index (χ4n) is 2.43. The number of hydrogen-bond donors (Lipinski definition) is 0. The van der Waals surface area contributed by atoms with Gasteiger partial charge in [0.25, 0.3) is 5.91 Å². The van der Waals surface area contributed by atoms with Crippen molar-refractivity contribution in [2.45, 2.75) is 11.8 Å². The van der Waals surface area contributed by atoms with Gasteiger partial charge in [0.15, 0.2) is 5.82 Å². The van der Waals surface area contributed by atoms with E-state index in [1.165, 1.54) is 11.3 Å². The largest absolute Gasteiger partial charge is 0.486 e. The first-order valence-corrected chi connectivity index (χ1v) is 9.30. The van der Waals surface area contributed by atoms with E-state index in [0.717, 1.165) is 16.7 Å². The first-order chi connectivity index (χ1) is 11.8. The number of nitrogens with zero attached hydrogens (tertiary/aromatic N) is 4. The third-order valence-corrected chi connectivity index (χ3v) is 5.29. The van der Waals surface area contributed by atoms with Gasteiger partial charge < -0.3 is 4.74 Å². The summed E-state index contributed by atoms with van der Waals surface area (Å²) in [6.07, 6.45) is 0. The standard InChI is InChI=1S/C16H14N4O2S2/c21-15(13-7-4-9-23-13)19-8-10-24-16-18-17-14(20(16)19)11-22-12-5-2-1-3-6-12/h1-7,9H,8,10-11H2. The molecule has 6 nitrogen and oxygen atoms in total. The number of benzene rings is 1. The van der Waals surface area contributed by atoms with Gasteiger partial charge in [-0.15, -0.1) is 21.5 Å². The zero-order chi connectivity index (χ0) is 16.4. The van der Waals surface area contributed by atoms with Crippen molar-refractivity contribution in [3.63, 3.8) is 0 Å². The van der Waals surface area contributed by atoms with Crippen LogP contribution in [0.25, 0.3) is 0 Å². The van der Waals surface area contributed by atoms with E-state index in [0.29, 0.717) is 17.2 Å². The van der Waals surface area contributed by atoms with Gasteiger partial charge in [-0.05, 0) is 23.6 Å². The Morgan fingerprint density at radius 2 is 2.04 bits per heavy atom. The predicted octanol–water partition coefficient (Wildman–Crippen LogP) is 2.80. The maximum absolute atomic E-state index is 12.8. The van der Waals surface area contributed by atoms with Crippen LogP contribution in [0.3, 0.4) is 0 Å². The summed E-state index contributed by atoms with van der Waals surface area (Å²) in [7, 11) is 0. The molecule has 1 aliphatic rings. The van der Waals surface area contributed by atoms with Gasteiger partial charge in [0.2, 0.25) is 5.16 Å². The van der Waals surface area contributed by atoms with E-state index in [9.17, 15) is 4.79 Å². The van der Waals surface area contributed by atoms with Crippen molar-refractivity contribution < 1.29 is 9.53 Å². The number of hydrogen-bond acceptors (Lipinski definition) is 6. The molecule has 0 atom stereocenters. The fraction of sp³-hybridized carbons (Fsp3) is 0.188. The third-order valence-electron chi connectivity index (χ3n) is 3.53. The van der Waals surface area contributed by atoms with E-state index < -0.39 is 0 Å². The van der Waals surface area contributed by atoms with Crippen LogP contribution < -0.4 is 9.75 Å². The van der Waals surface area contributed by atoms with Gasteiger partial charge in [0.1, 0.15) is 12.4 Å². The van der Waals surface area contributed by atoms with E-state index in [1.54, 1.807) is 21.4 Å². The lowest BCUT2D eigenvalue weighted by atomic mass is 10.3. The molecule has 2 aromatic heterocycles. The van der Waals surface area contributed by atoms with Crippen LogP contribution in [0.1, 0.15) is 15.5 Å². The number of carbonyl (C=O) groups is 1. The molecule has 3 heterocycles. The number of carbonyl (C=O) groups excluding carboxylic acids is 1. The maximum Gasteiger partial charge on any atom is 0.282 e. The van der Waals surface area contributed by atoms with Crippen LogP contribution in [-0.2, 0) is 6.61 Å². The highest BCUT2D eigenvalue weighted by Gasteiger charge is 2.28. The molecule has 1 amide bonds. The van der Waals surface area contributed by atoms with Crippen LogP contribution in [0.15, 0.2) is 53.0 Å². The van der Waals surface area contributed by atoms with Gasteiger partial charge in [-0.25, -0.2) is 9.69 Å². The predicted molar refractivity (Wildman–Crippen MR) is 93.3 cm³/mol. The molecule has 0 radical (unpaired) electrons. The molecular weight excluding hydrogens is 344 g/mol. The minimum atomic E-state index is -0.0349. The smallest absolute Gasteiger partial charge is 0.282 e. The van der Waals surface area contributed by atoms with Crippen LogP contribution in [0.4, 0.5) is 0 Å². The summed E-state index contributed by atoms with van der Waals surface area (Å²) in [5.41, 5.74) is 0. The van der Waals surface area contributed by atoms with Gasteiger partial charge in [-0.3, -0.25) is 4.79 Å². The Morgan fingerprint density at radius 1 is 1.17 bits per heavy atom. The monoisotopic (exact) mass is 358 g/mol. The minimum absolute atomic E-state index is 0.0349. The summed E-state index contributed by atoms with van der Waals surface area (Å²) in [5, 5.41) is 12.7. The summed E-state index contributed by atoms with van der Waals surface area (Å²) >= 11 is 3.03. The second-order valence-corrected chi connectivity index (χ2v) is 7.08. The molecule has 0 N–H and O–H groups in total. The summed E-state index contributed by atoms with van der Waals surface area (Å²) < 4.78 is 7.54. The zero-order valence-corrected chi connectivity index (χ0v) is 14.3. The number of thioether (sulfide) groups is 1. The van der Waals surface area contributed by atoms with Crippen LogP contribution in [0, 0.1) is 0 Å². The molecule has 0 fully saturated rings. The van der Waals surface area contributed by atoms with Crippen molar-refractivity contribution in [1.29, 1.82) is 0 Å². The lowest BCUT2D eigenvalue weighted by molar-refractivity contribution is 0.0957. The summed E-state index contributed by atoms with van der Waals surface area (Å²) in [5.74, 6) is 2.14. The van der Waals surface area contributed by atoms with Gasteiger partial charge >= 0.3 is 0 Å². The Labute approximate surface area is 147 Å². The van der Waals surface area contributed by atoms with E-state index in [2.05, 4.69) is 10.2 Å². The van der Waals surface area contributed by atoms with E-state index in [-0.39, 0.29) is 12.5 Å². The molecular formula is C16H14N4O2S2.